The second-order valence-corrected chi connectivity index (χ2v) is 5.51. The second-order valence-electron chi connectivity index (χ2n) is 4.69. The van der Waals surface area contributed by atoms with E-state index in [1.54, 1.807) is 22.8 Å². The lowest BCUT2D eigenvalue weighted by Crippen LogP contribution is -2.33. The molecule has 2 aromatic rings. The number of aliphatic hydroxyl groups is 3. The maximum atomic E-state index is 10.1. The molecule has 2 heterocycles. The molecule has 1 aliphatic heterocycles. The first-order chi connectivity index (χ1) is 9.52. The summed E-state index contributed by atoms with van der Waals surface area (Å²) < 4.78 is 7.39. The molecule has 0 bridgehead atoms. The standard InChI is InChI=1S/C12H13ClN2O4S/c13-5-1-2-6-7(3-5)15(12(20)14-6)11-10(18)9(17)8(4-16)19-11/h1-3,8-11,16-18H,4H2,(H,14,20)/t8-,9-,10-,11-/m1/s1. The molecule has 1 aliphatic rings. The van der Waals surface area contributed by atoms with Crippen molar-refractivity contribution >= 4 is 34.9 Å². The molecule has 4 N–H and O–H groups in total. The zero-order valence-electron chi connectivity index (χ0n) is 10.2. The van der Waals surface area contributed by atoms with Crippen LogP contribution in [0.15, 0.2) is 18.2 Å². The van der Waals surface area contributed by atoms with Gasteiger partial charge in [0, 0.05) is 5.02 Å². The zero-order chi connectivity index (χ0) is 14.4. The van der Waals surface area contributed by atoms with Crippen molar-refractivity contribution in [3.63, 3.8) is 0 Å². The number of ether oxygens (including phenoxy) is 1. The number of aliphatic hydroxyl groups excluding tert-OH is 3. The molecule has 20 heavy (non-hydrogen) atoms. The summed E-state index contributed by atoms with van der Waals surface area (Å²) in [4.78, 5) is 2.98. The lowest BCUT2D eigenvalue weighted by Gasteiger charge is -2.17. The van der Waals surface area contributed by atoms with E-state index in [-0.39, 0.29) is 6.61 Å². The number of rotatable bonds is 2. The Morgan fingerprint density at radius 3 is 2.75 bits per heavy atom. The maximum absolute atomic E-state index is 10.1. The Bertz CT molecular complexity index is 700. The van der Waals surface area contributed by atoms with Crippen LogP contribution in [0.1, 0.15) is 6.23 Å². The predicted molar refractivity (Wildman–Crippen MR) is 75.1 cm³/mol. The summed E-state index contributed by atoms with van der Waals surface area (Å²) in [6, 6.07) is 5.18. The van der Waals surface area contributed by atoms with Crippen LogP contribution in [0.3, 0.4) is 0 Å². The third-order valence-electron chi connectivity index (χ3n) is 3.45. The fraction of sp³-hybridized carbons (Fsp3) is 0.417. The summed E-state index contributed by atoms with van der Waals surface area (Å²) in [5.41, 5.74) is 1.41. The first-order valence-electron chi connectivity index (χ1n) is 6.05. The number of nitrogens with zero attached hydrogens (tertiary/aromatic N) is 1. The fourth-order valence-electron chi connectivity index (χ4n) is 2.44. The molecule has 8 heteroatoms. The number of benzene rings is 1. The van der Waals surface area contributed by atoms with Gasteiger partial charge in [0.1, 0.15) is 18.3 Å². The number of aromatic amines is 1. The fourth-order valence-corrected chi connectivity index (χ4v) is 2.92. The van der Waals surface area contributed by atoms with E-state index in [1.165, 1.54) is 0 Å². The van der Waals surface area contributed by atoms with Gasteiger partial charge >= 0.3 is 0 Å². The van der Waals surface area contributed by atoms with Gasteiger partial charge in [0.2, 0.25) is 0 Å². The minimum atomic E-state index is -1.18. The van der Waals surface area contributed by atoms with Crippen LogP contribution in [0.5, 0.6) is 0 Å². The van der Waals surface area contributed by atoms with E-state index in [2.05, 4.69) is 4.98 Å². The summed E-state index contributed by atoms with van der Waals surface area (Å²) >= 11 is 11.2. The van der Waals surface area contributed by atoms with Gasteiger partial charge in [-0.2, -0.15) is 0 Å². The van der Waals surface area contributed by atoms with Gasteiger partial charge in [0.15, 0.2) is 11.0 Å². The van der Waals surface area contributed by atoms with Gasteiger partial charge < -0.3 is 25.0 Å². The lowest BCUT2D eigenvalue weighted by atomic mass is 10.1. The molecule has 0 unspecified atom stereocenters. The number of halogens is 1. The number of nitrogens with one attached hydrogen (secondary N) is 1. The van der Waals surface area contributed by atoms with E-state index >= 15 is 0 Å². The van der Waals surface area contributed by atoms with Crippen molar-refractivity contribution in [3.8, 4) is 0 Å². The van der Waals surface area contributed by atoms with E-state index < -0.39 is 24.5 Å². The Balaban J connectivity index is 2.13. The molecule has 0 radical (unpaired) electrons. The van der Waals surface area contributed by atoms with Gasteiger partial charge in [-0.05, 0) is 30.4 Å². The number of aromatic nitrogens is 2. The zero-order valence-corrected chi connectivity index (χ0v) is 11.8. The first-order valence-corrected chi connectivity index (χ1v) is 6.84. The highest BCUT2D eigenvalue weighted by molar-refractivity contribution is 7.71. The largest absolute Gasteiger partial charge is 0.394 e. The monoisotopic (exact) mass is 316 g/mol. The molecular weight excluding hydrogens is 304 g/mol. The van der Waals surface area contributed by atoms with E-state index in [9.17, 15) is 10.2 Å². The number of H-pyrrole nitrogens is 1. The molecule has 3 rings (SSSR count). The molecule has 0 amide bonds. The average Bonchev–Trinajstić information content (AvgIpc) is 2.88. The quantitative estimate of drug-likeness (QED) is 0.620. The summed E-state index contributed by atoms with van der Waals surface area (Å²) in [5.74, 6) is 0. The molecule has 1 aromatic carbocycles. The summed E-state index contributed by atoms with van der Waals surface area (Å²) in [6.45, 7) is -0.384. The van der Waals surface area contributed by atoms with Crippen LogP contribution in [-0.4, -0.2) is 49.8 Å². The van der Waals surface area contributed by atoms with E-state index in [1.807, 2.05) is 0 Å². The molecule has 0 saturated carbocycles. The molecule has 1 saturated heterocycles. The Morgan fingerprint density at radius 1 is 1.35 bits per heavy atom. The molecule has 4 atom stereocenters. The Morgan fingerprint density at radius 2 is 2.10 bits per heavy atom. The van der Waals surface area contributed by atoms with Crippen molar-refractivity contribution in [2.45, 2.75) is 24.5 Å². The third kappa shape index (κ3) is 2.07. The highest BCUT2D eigenvalue weighted by atomic mass is 35.5. The molecular formula is C12H13ClN2O4S. The van der Waals surface area contributed by atoms with Crippen LogP contribution in [0, 0.1) is 4.77 Å². The van der Waals surface area contributed by atoms with E-state index in [0.717, 1.165) is 5.52 Å². The highest BCUT2D eigenvalue weighted by Crippen LogP contribution is 2.32. The smallest absolute Gasteiger partial charge is 0.180 e. The Hall–Kier alpha value is -0.960. The van der Waals surface area contributed by atoms with Crippen molar-refractivity contribution in [3.05, 3.63) is 28.0 Å². The molecule has 1 aromatic heterocycles. The van der Waals surface area contributed by atoms with Crippen molar-refractivity contribution in [2.75, 3.05) is 6.61 Å². The van der Waals surface area contributed by atoms with Crippen molar-refractivity contribution in [1.29, 1.82) is 0 Å². The van der Waals surface area contributed by atoms with Crippen molar-refractivity contribution in [2.24, 2.45) is 0 Å². The van der Waals surface area contributed by atoms with Gasteiger partial charge in [0.25, 0.3) is 0 Å². The number of fused-ring (bicyclic) bond motifs is 1. The number of hydrogen-bond acceptors (Lipinski definition) is 5. The van der Waals surface area contributed by atoms with Crippen molar-refractivity contribution < 1.29 is 20.1 Å². The van der Waals surface area contributed by atoms with Crippen LogP contribution >= 0.6 is 23.8 Å². The van der Waals surface area contributed by atoms with Gasteiger partial charge in [-0.15, -0.1) is 0 Å². The van der Waals surface area contributed by atoms with Crippen LogP contribution in [-0.2, 0) is 4.74 Å². The molecule has 6 nitrogen and oxygen atoms in total. The van der Waals surface area contributed by atoms with Gasteiger partial charge in [-0.3, -0.25) is 4.57 Å². The van der Waals surface area contributed by atoms with Crippen LogP contribution in [0.25, 0.3) is 11.0 Å². The lowest BCUT2D eigenvalue weighted by molar-refractivity contribution is -0.0514. The second kappa shape index (κ2) is 5.10. The molecule has 1 fully saturated rings. The van der Waals surface area contributed by atoms with E-state index in [0.29, 0.717) is 15.3 Å². The normalized spacial score (nSPS) is 30.2. The predicted octanol–water partition coefficient (Wildman–Crippen LogP) is 0.964. The summed E-state index contributed by atoms with van der Waals surface area (Å²) in [5, 5.41) is 29.6. The number of imidazole rings is 1. The van der Waals surface area contributed by atoms with Crippen molar-refractivity contribution in [1.82, 2.24) is 9.55 Å². The minimum Gasteiger partial charge on any atom is -0.394 e. The Kier molecular flexibility index (Phi) is 3.57. The summed E-state index contributed by atoms with van der Waals surface area (Å²) in [7, 11) is 0. The molecule has 108 valence electrons. The third-order valence-corrected chi connectivity index (χ3v) is 3.99. The van der Waals surface area contributed by atoms with E-state index in [4.69, 9.17) is 33.7 Å². The number of hydrogen-bond donors (Lipinski definition) is 4. The van der Waals surface area contributed by atoms with Crippen LogP contribution < -0.4 is 0 Å². The van der Waals surface area contributed by atoms with Crippen LogP contribution in [0.2, 0.25) is 5.02 Å². The average molecular weight is 317 g/mol. The molecule has 0 aliphatic carbocycles. The topological polar surface area (TPSA) is 90.6 Å². The van der Waals surface area contributed by atoms with Gasteiger partial charge in [0.05, 0.1) is 17.6 Å². The SMILES string of the molecule is OC[C@H]1O[C@@H](n2c(=S)[nH]c3ccc(Cl)cc32)[C@H](O)[C@@H]1O. The highest BCUT2D eigenvalue weighted by Gasteiger charge is 2.44. The maximum Gasteiger partial charge on any atom is 0.180 e. The van der Waals surface area contributed by atoms with Crippen LogP contribution in [0.4, 0.5) is 0 Å². The van der Waals surface area contributed by atoms with Gasteiger partial charge in [-0.1, -0.05) is 11.6 Å². The minimum absolute atomic E-state index is 0.345. The molecule has 0 spiro atoms. The first kappa shape index (κ1) is 14.0. The Labute approximate surface area is 124 Å². The van der Waals surface area contributed by atoms with Gasteiger partial charge in [-0.25, -0.2) is 0 Å². The summed E-state index contributed by atoms with van der Waals surface area (Å²) in [6.07, 6.45) is -4.07.